The molecule has 0 heterocycles. The molecule has 0 aliphatic rings. The molecule has 0 unspecified atom stereocenters. The Labute approximate surface area is 151 Å². The molecule has 0 atom stereocenters. The summed E-state index contributed by atoms with van der Waals surface area (Å²) < 4.78 is 5.46. The molecular formula is C20H26ClNO2. The topological polar surface area (TPSA) is 29.5 Å². The van der Waals surface area contributed by atoms with Gasteiger partial charge in [-0.2, -0.15) is 0 Å². The van der Waals surface area contributed by atoms with Crippen LogP contribution < -0.4 is 0 Å². The standard InChI is InChI=1S/C20H25NO2.ClH/c1-3-21(4-2)15-10-16-23-20(22)19-14-9-8-13-18(19)17-11-6-5-7-12-17;/h5-9,11-14H,3-4,10,15-16H2,1-2H3;1H. The lowest BCUT2D eigenvalue weighted by molar-refractivity contribution is 0.0490. The predicted octanol–water partition coefficient (Wildman–Crippen LogP) is 4.66. The molecule has 24 heavy (non-hydrogen) atoms. The molecule has 0 fully saturated rings. The molecular weight excluding hydrogens is 322 g/mol. The van der Waals surface area contributed by atoms with E-state index < -0.39 is 0 Å². The van der Waals surface area contributed by atoms with E-state index >= 15 is 0 Å². The molecule has 0 aliphatic carbocycles. The summed E-state index contributed by atoms with van der Waals surface area (Å²) >= 11 is 0. The van der Waals surface area contributed by atoms with Crippen molar-refractivity contribution in [3.63, 3.8) is 0 Å². The first kappa shape index (κ1) is 20.2. The van der Waals surface area contributed by atoms with Gasteiger partial charge in [-0.15, -0.1) is 12.4 Å². The second-order valence-corrected chi connectivity index (χ2v) is 5.43. The average molecular weight is 348 g/mol. The number of nitrogens with zero attached hydrogens (tertiary/aromatic N) is 1. The first-order valence-electron chi connectivity index (χ1n) is 8.30. The number of carbonyl (C=O) groups is 1. The van der Waals surface area contributed by atoms with Gasteiger partial charge in [-0.25, -0.2) is 4.79 Å². The van der Waals surface area contributed by atoms with Crippen molar-refractivity contribution in [1.82, 2.24) is 4.90 Å². The minimum atomic E-state index is -0.246. The summed E-state index contributed by atoms with van der Waals surface area (Å²) in [6, 6.07) is 17.5. The predicted molar refractivity (Wildman–Crippen MR) is 102 cm³/mol. The van der Waals surface area contributed by atoms with E-state index in [1.807, 2.05) is 54.6 Å². The van der Waals surface area contributed by atoms with Crippen LogP contribution in [0.2, 0.25) is 0 Å². The van der Waals surface area contributed by atoms with Gasteiger partial charge in [0.15, 0.2) is 0 Å². The fourth-order valence-corrected chi connectivity index (χ4v) is 2.60. The zero-order valence-corrected chi connectivity index (χ0v) is 15.2. The third kappa shape index (κ3) is 5.66. The van der Waals surface area contributed by atoms with Gasteiger partial charge in [0, 0.05) is 6.54 Å². The maximum atomic E-state index is 12.4. The zero-order valence-electron chi connectivity index (χ0n) is 14.4. The zero-order chi connectivity index (χ0) is 16.5. The molecule has 3 nitrogen and oxygen atoms in total. The normalized spacial score (nSPS) is 10.3. The molecule has 2 aromatic rings. The number of benzene rings is 2. The summed E-state index contributed by atoms with van der Waals surface area (Å²) in [6.07, 6.45) is 0.862. The molecule has 2 rings (SSSR count). The minimum absolute atomic E-state index is 0. The second kappa shape index (κ2) is 10.8. The molecule has 0 aliphatic heterocycles. The summed E-state index contributed by atoms with van der Waals surface area (Å²) in [5, 5.41) is 0. The van der Waals surface area contributed by atoms with Gasteiger partial charge in [-0.05, 0) is 36.7 Å². The van der Waals surface area contributed by atoms with Crippen LogP contribution >= 0.6 is 12.4 Å². The molecule has 0 radical (unpaired) electrons. The average Bonchev–Trinajstić information content (AvgIpc) is 2.62. The lowest BCUT2D eigenvalue weighted by Gasteiger charge is -2.17. The van der Waals surface area contributed by atoms with Gasteiger partial charge in [0.25, 0.3) is 0 Å². The summed E-state index contributed by atoms with van der Waals surface area (Å²) in [5.74, 6) is -0.246. The van der Waals surface area contributed by atoms with E-state index in [4.69, 9.17) is 4.74 Å². The molecule has 0 N–H and O–H groups in total. The van der Waals surface area contributed by atoms with Crippen molar-refractivity contribution in [2.45, 2.75) is 20.3 Å². The summed E-state index contributed by atoms with van der Waals surface area (Å²) in [4.78, 5) is 14.7. The SMILES string of the molecule is CCN(CC)CCCOC(=O)c1ccccc1-c1ccccc1.Cl. The summed E-state index contributed by atoms with van der Waals surface area (Å²) in [7, 11) is 0. The maximum Gasteiger partial charge on any atom is 0.338 e. The number of hydrogen-bond acceptors (Lipinski definition) is 3. The fourth-order valence-electron chi connectivity index (χ4n) is 2.60. The number of esters is 1. The van der Waals surface area contributed by atoms with E-state index in [9.17, 15) is 4.79 Å². The van der Waals surface area contributed by atoms with E-state index in [0.717, 1.165) is 37.2 Å². The molecule has 0 bridgehead atoms. The molecule has 0 spiro atoms. The summed E-state index contributed by atoms with van der Waals surface area (Å²) in [6.45, 7) is 7.76. The highest BCUT2D eigenvalue weighted by atomic mass is 35.5. The van der Waals surface area contributed by atoms with E-state index in [0.29, 0.717) is 12.2 Å². The lowest BCUT2D eigenvalue weighted by Crippen LogP contribution is -2.25. The smallest absolute Gasteiger partial charge is 0.338 e. The molecule has 0 saturated heterocycles. The van der Waals surface area contributed by atoms with Crippen LogP contribution in [0.25, 0.3) is 11.1 Å². The molecule has 2 aromatic carbocycles. The van der Waals surface area contributed by atoms with Gasteiger partial charge in [0.2, 0.25) is 0 Å². The van der Waals surface area contributed by atoms with E-state index in [2.05, 4.69) is 18.7 Å². The number of ether oxygens (including phenoxy) is 1. The third-order valence-corrected chi connectivity index (χ3v) is 3.98. The largest absolute Gasteiger partial charge is 0.462 e. The van der Waals surface area contributed by atoms with Crippen LogP contribution in [0.5, 0.6) is 0 Å². The Balaban J connectivity index is 0.00000288. The molecule has 0 amide bonds. The van der Waals surface area contributed by atoms with Crippen molar-refractivity contribution in [3.05, 3.63) is 60.2 Å². The van der Waals surface area contributed by atoms with Crippen LogP contribution in [0.4, 0.5) is 0 Å². The first-order valence-corrected chi connectivity index (χ1v) is 8.30. The molecule has 130 valence electrons. The minimum Gasteiger partial charge on any atom is -0.462 e. The van der Waals surface area contributed by atoms with Crippen LogP contribution in [0, 0.1) is 0 Å². The monoisotopic (exact) mass is 347 g/mol. The fraction of sp³-hybridized carbons (Fsp3) is 0.350. The number of halogens is 1. The van der Waals surface area contributed by atoms with Crippen molar-refractivity contribution in [3.8, 4) is 11.1 Å². The van der Waals surface area contributed by atoms with Crippen LogP contribution in [0.3, 0.4) is 0 Å². The molecule has 4 heteroatoms. The Morgan fingerprint density at radius 1 is 0.958 bits per heavy atom. The van der Waals surface area contributed by atoms with Gasteiger partial charge >= 0.3 is 5.97 Å². The number of carbonyl (C=O) groups excluding carboxylic acids is 1. The second-order valence-electron chi connectivity index (χ2n) is 5.43. The first-order chi connectivity index (χ1) is 11.3. The highest BCUT2D eigenvalue weighted by Crippen LogP contribution is 2.23. The maximum absolute atomic E-state index is 12.4. The number of hydrogen-bond donors (Lipinski definition) is 0. The van der Waals surface area contributed by atoms with Gasteiger partial charge < -0.3 is 9.64 Å². The Hall–Kier alpha value is -1.84. The Bertz CT molecular complexity index is 612. The Morgan fingerprint density at radius 2 is 1.58 bits per heavy atom. The number of rotatable bonds is 8. The van der Waals surface area contributed by atoms with Gasteiger partial charge in [0.05, 0.1) is 12.2 Å². The van der Waals surface area contributed by atoms with Gasteiger partial charge in [0.1, 0.15) is 0 Å². The third-order valence-electron chi connectivity index (χ3n) is 3.98. The van der Waals surface area contributed by atoms with Crippen LogP contribution in [-0.2, 0) is 4.74 Å². The highest BCUT2D eigenvalue weighted by Gasteiger charge is 2.13. The highest BCUT2D eigenvalue weighted by molar-refractivity contribution is 5.97. The molecule has 0 aromatic heterocycles. The van der Waals surface area contributed by atoms with Crippen molar-refractivity contribution in [2.75, 3.05) is 26.2 Å². The van der Waals surface area contributed by atoms with E-state index in [-0.39, 0.29) is 18.4 Å². The van der Waals surface area contributed by atoms with E-state index in [1.54, 1.807) is 0 Å². The van der Waals surface area contributed by atoms with Gasteiger partial charge in [-0.1, -0.05) is 62.4 Å². The Morgan fingerprint density at radius 3 is 2.25 bits per heavy atom. The van der Waals surface area contributed by atoms with Crippen molar-refractivity contribution < 1.29 is 9.53 Å². The summed E-state index contributed by atoms with van der Waals surface area (Å²) in [5.41, 5.74) is 2.58. The van der Waals surface area contributed by atoms with Crippen molar-refractivity contribution in [2.24, 2.45) is 0 Å². The van der Waals surface area contributed by atoms with Crippen LogP contribution in [-0.4, -0.2) is 37.1 Å². The van der Waals surface area contributed by atoms with Crippen LogP contribution in [0.1, 0.15) is 30.6 Å². The quantitative estimate of drug-likeness (QED) is 0.513. The van der Waals surface area contributed by atoms with Crippen LogP contribution in [0.15, 0.2) is 54.6 Å². The van der Waals surface area contributed by atoms with Crippen molar-refractivity contribution >= 4 is 18.4 Å². The van der Waals surface area contributed by atoms with E-state index in [1.165, 1.54) is 0 Å². The molecule has 0 saturated carbocycles. The van der Waals surface area contributed by atoms with Crippen molar-refractivity contribution in [1.29, 1.82) is 0 Å². The van der Waals surface area contributed by atoms with Gasteiger partial charge in [-0.3, -0.25) is 0 Å². The Kier molecular flexibility index (Phi) is 9.13. The lowest BCUT2D eigenvalue weighted by atomic mass is 10.00.